The van der Waals surface area contributed by atoms with Crippen LogP contribution in [0.3, 0.4) is 0 Å². The van der Waals surface area contributed by atoms with Crippen molar-refractivity contribution < 1.29 is 14.3 Å². The van der Waals surface area contributed by atoms with E-state index in [9.17, 15) is 9.59 Å². The fraction of sp³-hybridized carbons (Fsp3) is 0.250. The van der Waals surface area contributed by atoms with Crippen LogP contribution < -0.4 is 15.1 Å². The number of rotatable bonds is 3. The third kappa shape index (κ3) is 5.23. The molecule has 8 nitrogen and oxygen atoms in total. The lowest BCUT2D eigenvalue weighted by atomic mass is 10.2. The van der Waals surface area contributed by atoms with Gasteiger partial charge in [-0.15, -0.1) is 0 Å². The average Bonchev–Trinajstić information content (AvgIpc) is 2.89. The van der Waals surface area contributed by atoms with Crippen LogP contribution in [0.4, 0.5) is 32.5 Å². The van der Waals surface area contributed by atoms with Gasteiger partial charge in [0, 0.05) is 29.7 Å². The maximum Gasteiger partial charge on any atom is 0.412 e. The van der Waals surface area contributed by atoms with Crippen molar-refractivity contribution in [3.8, 4) is 0 Å². The van der Waals surface area contributed by atoms with Crippen molar-refractivity contribution in [2.45, 2.75) is 32.8 Å². The highest BCUT2D eigenvalue weighted by Crippen LogP contribution is 2.34. The van der Waals surface area contributed by atoms with Crippen LogP contribution in [0.5, 0.6) is 0 Å². The van der Waals surface area contributed by atoms with Crippen LogP contribution in [0.15, 0.2) is 60.8 Å². The number of carbonyl (C=O) groups is 2. The Bertz CT molecular complexity index is 1180. The number of hydrogen-bond donors (Lipinski definition) is 1. The van der Waals surface area contributed by atoms with Crippen LogP contribution in [-0.2, 0) is 11.2 Å². The number of ether oxygens (including phenoxy) is 1. The number of halogens is 1. The van der Waals surface area contributed by atoms with E-state index in [2.05, 4.69) is 15.3 Å². The zero-order valence-electron chi connectivity index (χ0n) is 18.6. The summed E-state index contributed by atoms with van der Waals surface area (Å²) in [6, 6.07) is 16.1. The number of para-hydroxylation sites is 1. The Kier molecular flexibility index (Phi) is 6.20. The summed E-state index contributed by atoms with van der Waals surface area (Å²) in [6.07, 6.45) is 1.61. The number of benzene rings is 2. The molecule has 4 rings (SSSR count). The molecule has 1 N–H and O–H groups in total. The normalized spacial score (nSPS) is 13.9. The molecule has 0 fully saturated rings. The second-order valence-electron chi connectivity index (χ2n) is 8.52. The molecule has 170 valence electrons. The predicted octanol–water partition coefficient (Wildman–Crippen LogP) is 5.80. The van der Waals surface area contributed by atoms with Gasteiger partial charge in [0.15, 0.2) is 0 Å². The van der Waals surface area contributed by atoms with Gasteiger partial charge in [0.2, 0.25) is 5.28 Å². The van der Waals surface area contributed by atoms with E-state index in [4.69, 9.17) is 16.3 Å². The smallest absolute Gasteiger partial charge is 0.412 e. The number of amides is 3. The first-order valence-corrected chi connectivity index (χ1v) is 10.9. The monoisotopic (exact) mass is 465 g/mol. The Hall–Kier alpha value is -3.65. The Balaban J connectivity index is 1.74. The molecule has 0 aliphatic carbocycles. The number of fused-ring (bicyclic) bond motifs is 1. The van der Waals surface area contributed by atoms with Crippen molar-refractivity contribution in [1.29, 1.82) is 0 Å². The van der Waals surface area contributed by atoms with E-state index >= 15 is 0 Å². The van der Waals surface area contributed by atoms with E-state index in [1.165, 1.54) is 4.90 Å². The highest BCUT2D eigenvalue weighted by Gasteiger charge is 2.32. The zero-order chi connectivity index (χ0) is 23.6. The van der Waals surface area contributed by atoms with Crippen molar-refractivity contribution in [2.24, 2.45) is 0 Å². The number of nitrogens with one attached hydrogen (secondary N) is 1. The molecule has 0 radical (unpaired) electrons. The van der Waals surface area contributed by atoms with E-state index in [1.807, 2.05) is 30.3 Å². The summed E-state index contributed by atoms with van der Waals surface area (Å²) in [5, 5.41) is 2.76. The molecule has 0 saturated heterocycles. The predicted molar refractivity (Wildman–Crippen MR) is 128 cm³/mol. The maximum absolute atomic E-state index is 13.8. The zero-order valence-corrected chi connectivity index (χ0v) is 19.3. The number of aromatic nitrogens is 2. The lowest BCUT2D eigenvalue weighted by Crippen LogP contribution is -2.40. The van der Waals surface area contributed by atoms with Crippen molar-refractivity contribution in [3.05, 3.63) is 71.6 Å². The van der Waals surface area contributed by atoms with Crippen LogP contribution in [0.1, 0.15) is 26.3 Å². The van der Waals surface area contributed by atoms with Crippen LogP contribution in [-0.4, -0.2) is 34.2 Å². The molecule has 1 aromatic heterocycles. The lowest BCUT2D eigenvalue weighted by Gasteiger charge is -2.28. The third-order valence-corrected chi connectivity index (χ3v) is 5.05. The molecule has 0 saturated carbocycles. The summed E-state index contributed by atoms with van der Waals surface area (Å²) in [4.78, 5) is 37.7. The Morgan fingerprint density at radius 3 is 2.55 bits per heavy atom. The molecule has 2 aromatic carbocycles. The summed E-state index contributed by atoms with van der Waals surface area (Å²) in [5.41, 5.74) is 1.92. The van der Waals surface area contributed by atoms with Crippen molar-refractivity contribution in [1.82, 2.24) is 9.97 Å². The molecule has 2 heterocycles. The van der Waals surface area contributed by atoms with Gasteiger partial charge in [-0.25, -0.2) is 19.5 Å². The van der Waals surface area contributed by atoms with Crippen molar-refractivity contribution in [3.63, 3.8) is 0 Å². The second-order valence-corrected chi connectivity index (χ2v) is 8.86. The van der Waals surface area contributed by atoms with Gasteiger partial charge in [0.1, 0.15) is 11.4 Å². The van der Waals surface area contributed by atoms with Gasteiger partial charge in [-0.2, -0.15) is 4.98 Å². The molecule has 0 unspecified atom stereocenters. The van der Waals surface area contributed by atoms with Gasteiger partial charge in [-0.1, -0.05) is 24.3 Å². The number of anilines is 4. The van der Waals surface area contributed by atoms with Crippen LogP contribution in [0, 0.1) is 0 Å². The van der Waals surface area contributed by atoms with Crippen molar-refractivity contribution >= 4 is 46.6 Å². The number of carbonyl (C=O) groups excluding carboxylic acids is 2. The lowest BCUT2D eigenvalue weighted by molar-refractivity contribution is 0.0636. The van der Waals surface area contributed by atoms with Gasteiger partial charge >= 0.3 is 12.1 Å². The molecule has 0 bridgehead atoms. The van der Waals surface area contributed by atoms with Crippen LogP contribution in [0.2, 0.25) is 5.28 Å². The van der Waals surface area contributed by atoms with Gasteiger partial charge in [0.05, 0.1) is 5.69 Å². The maximum atomic E-state index is 13.8. The van der Waals surface area contributed by atoms with Gasteiger partial charge in [0.25, 0.3) is 0 Å². The third-order valence-electron chi connectivity index (χ3n) is 4.87. The van der Waals surface area contributed by atoms with Gasteiger partial charge in [-0.3, -0.25) is 10.2 Å². The molecule has 3 aromatic rings. The number of urea groups is 1. The first-order chi connectivity index (χ1) is 15.7. The first kappa shape index (κ1) is 22.5. The number of hydrogen-bond acceptors (Lipinski definition) is 5. The molecule has 33 heavy (non-hydrogen) atoms. The molecule has 9 heteroatoms. The molecular formula is C24H24ClN5O3. The second kappa shape index (κ2) is 9.07. The molecule has 0 atom stereocenters. The summed E-state index contributed by atoms with van der Waals surface area (Å²) in [6.45, 7) is 5.82. The van der Waals surface area contributed by atoms with Gasteiger partial charge in [-0.05, 0) is 69.1 Å². The van der Waals surface area contributed by atoms with E-state index in [0.29, 0.717) is 30.2 Å². The Labute approximate surface area is 197 Å². The van der Waals surface area contributed by atoms with E-state index in [0.717, 1.165) is 11.3 Å². The largest absolute Gasteiger partial charge is 0.444 e. The summed E-state index contributed by atoms with van der Waals surface area (Å²) in [7, 11) is 0. The average molecular weight is 466 g/mol. The SMILES string of the molecule is CC(C)(C)OC(=O)Nc1cccc(N2C(=O)N(c3ccccc3)CCc3cnc(Cl)nc32)c1. The fourth-order valence-electron chi connectivity index (χ4n) is 3.51. The quantitative estimate of drug-likeness (QED) is 0.494. The fourth-order valence-corrected chi connectivity index (χ4v) is 3.64. The molecule has 3 amide bonds. The first-order valence-electron chi connectivity index (χ1n) is 10.5. The van der Waals surface area contributed by atoms with Crippen LogP contribution >= 0.6 is 11.6 Å². The van der Waals surface area contributed by atoms with E-state index in [-0.39, 0.29) is 11.3 Å². The van der Waals surface area contributed by atoms with E-state index in [1.54, 1.807) is 56.1 Å². The van der Waals surface area contributed by atoms with E-state index < -0.39 is 11.7 Å². The topological polar surface area (TPSA) is 87.7 Å². The Morgan fingerprint density at radius 1 is 1.09 bits per heavy atom. The summed E-state index contributed by atoms with van der Waals surface area (Å²) < 4.78 is 5.34. The minimum atomic E-state index is -0.634. The molecule has 0 spiro atoms. The Morgan fingerprint density at radius 2 is 1.82 bits per heavy atom. The molecule has 1 aliphatic rings. The highest BCUT2D eigenvalue weighted by atomic mass is 35.5. The summed E-state index contributed by atoms with van der Waals surface area (Å²) in [5.74, 6) is 0.410. The number of nitrogens with zero attached hydrogens (tertiary/aromatic N) is 4. The van der Waals surface area contributed by atoms with Crippen LogP contribution in [0.25, 0.3) is 0 Å². The van der Waals surface area contributed by atoms with Gasteiger partial charge < -0.3 is 4.74 Å². The summed E-state index contributed by atoms with van der Waals surface area (Å²) >= 11 is 6.10. The molecule has 1 aliphatic heterocycles. The minimum absolute atomic E-state index is 0.0442. The highest BCUT2D eigenvalue weighted by molar-refractivity contribution is 6.28. The molecular weight excluding hydrogens is 442 g/mol. The van der Waals surface area contributed by atoms with Crippen molar-refractivity contribution in [2.75, 3.05) is 21.7 Å². The minimum Gasteiger partial charge on any atom is -0.444 e. The standard InChI is InChI=1S/C24H24ClN5O3/c1-24(2,3)33-22(31)27-17-8-7-11-19(14-17)30-20-16(15-26-21(25)28-20)12-13-29(23(30)32)18-9-5-4-6-10-18/h4-11,14-15H,12-13H2,1-3H3,(H,27,31).